The molecule has 2 atom stereocenters. The SMILES string of the molecule is CCC(Oc1cc(C)cc(C)c1)C(=O)NC(CC)c1ccccc1. The van der Waals surface area contributed by atoms with Crippen LogP contribution in [-0.4, -0.2) is 12.0 Å². The summed E-state index contributed by atoms with van der Waals surface area (Å²) >= 11 is 0. The van der Waals surface area contributed by atoms with Crippen molar-refractivity contribution in [1.82, 2.24) is 5.32 Å². The van der Waals surface area contributed by atoms with Crippen molar-refractivity contribution >= 4 is 5.91 Å². The zero-order valence-electron chi connectivity index (χ0n) is 15.0. The lowest BCUT2D eigenvalue weighted by molar-refractivity contribution is -0.128. The van der Waals surface area contributed by atoms with Crippen LogP contribution in [0.15, 0.2) is 48.5 Å². The lowest BCUT2D eigenvalue weighted by Crippen LogP contribution is -2.39. The molecule has 0 saturated heterocycles. The number of benzene rings is 2. The summed E-state index contributed by atoms with van der Waals surface area (Å²) in [5.74, 6) is 0.689. The normalized spacial score (nSPS) is 13.2. The molecular weight excluding hydrogens is 298 g/mol. The summed E-state index contributed by atoms with van der Waals surface area (Å²) in [6.45, 7) is 8.10. The van der Waals surface area contributed by atoms with E-state index in [0.29, 0.717) is 6.42 Å². The van der Waals surface area contributed by atoms with Gasteiger partial charge in [-0.25, -0.2) is 0 Å². The van der Waals surface area contributed by atoms with Gasteiger partial charge in [0, 0.05) is 0 Å². The number of ether oxygens (including phenoxy) is 1. The molecule has 0 aliphatic carbocycles. The Morgan fingerprint density at radius 3 is 2.17 bits per heavy atom. The molecule has 0 radical (unpaired) electrons. The van der Waals surface area contributed by atoms with E-state index in [1.54, 1.807) is 0 Å². The fraction of sp³-hybridized carbons (Fsp3) is 0.381. The van der Waals surface area contributed by atoms with Crippen LogP contribution in [0.4, 0.5) is 0 Å². The minimum atomic E-state index is -0.482. The van der Waals surface area contributed by atoms with E-state index in [1.165, 1.54) is 0 Å². The van der Waals surface area contributed by atoms with Crippen LogP contribution in [0.25, 0.3) is 0 Å². The number of hydrogen-bond acceptors (Lipinski definition) is 2. The predicted octanol–water partition coefficient (Wildman–Crippen LogP) is 4.73. The summed E-state index contributed by atoms with van der Waals surface area (Å²) in [6.07, 6.45) is 0.990. The molecule has 128 valence electrons. The molecule has 0 saturated carbocycles. The average Bonchev–Trinajstić information content (AvgIpc) is 2.57. The van der Waals surface area contributed by atoms with Gasteiger partial charge >= 0.3 is 0 Å². The van der Waals surface area contributed by atoms with Gasteiger partial charge in [-0.3, -0.25) is 4.79 Å². The van der Waals surface area contributed by atoms with Crippen LogP contribution in [0.5, 0.6) is 5.75 Å². The highest BCUT2D eigenvalue weighted by atomic mass is 16.5. The second-order valence-electron chi connectivity index (χ2n) is 6.22. The van der Waals surface area contributed by atoms with Crippen molar-refractivity contribution in [1.29, 1.82) is 0 Å². The van der Waals surface area contributed by atoms with Crippen LogP contribution >= 0.6 is 0 Å². The highest BCUT2D eigenvalue weighted by Crippen LogP contribution is 2.20. The molecule has 0 heterocycles. The smallest absolute Gasteiger partial charge is 0.261 e. The van der Waals surface area contributed by atoms with Gasteiger partial charge in [-0.15, -0.1) is 0 Å². The Labute approximate surface area is 145 Å². The van der Waals surface area contributed by atoms with Crippen molar-refractivity contribution in [3.05, 3.63) is 65.2 Å². The van der Waals surface area contributed by atoms with Crippen LogP contribution in [0.3, 0.4) is 0 Å². The molecule has 3 nitrogen and oxygen atoms in total. The number of nitrogens with one attached hydrogen (secondary N) is 1. The van der Waals surface area contributed by atoms with Gasteiger partial charge in [0.05, 0.1) is 6.04 Å². The molecule has 3 heteroatoms. The van der Waals surface area contributed by atoms with Gasteiger partial charge < -0.3 is 10.1 Å². The zero-order valence-corrected chi connectivity index (χ0v) is 15.0. The molecule has 2 aromatic carbocycles. The summed E-state index contributed by atoms with van der Waals surface area (Å²) in [6, 6.07) is 16.1. The highest BCUT2D eigenvalue weighted by Gasteiger charge is 2.22. The van der Waals surface area contributed by atoms with E-state index in [1.807, 2.05) is 63.2 Å². The molecule has 1 amide bonds. The van der Waals surface area contributed by atoms with Gasteiger partial charge in [-0.2, -0.15) is 0 Å². The van der Waals surface area contributed by atoms with Crippen molar-refractivity contribution in [3.8, 4) is 5.75 Å². The number of amides is 1. The first-order valence-corrected chi connectivity index (χ1v) is 8.63. The number of carbonyl (C=O) groups excluding carboxylic acids is 1. The van der Waals surface area contributed by atoms with E-state index in [9.17, 15) is 4.79 Å². The van der Waals surface area contributed by atoms with Crippen molar-refractivity contribution in [3.63, 3.8) is 0 Å². The molecule has 2 unspecified atom stereocenters. The number of hydrogen-bond donors (Lipinski definition) is 1. The van der Waals surface area contributed by atoms with E-state index in [0.717, 1.165) is 28.9 Å². The number of carbonyl (C=O) groups is 1. The summed E-state index contributed by atoms with van der Waals surface area (Å²) in [5.41, 5.74) is 3.39. The molecule has 0 fully saturated rings. The fourth-order valence-electron chi connectivity index (χ4n) is 2.86. The Morgan fingerprint density at radius 1 is 1.00 bits per heavy atom. The largest absolute Gasteiger partial charge is 0.481 e. The van der Waals surface area contributed by atoms with Gasteiger partial charge in [-0.05, 0) is 55.5 Å². The average molecular weight is 325 g/mol. The maximum atomic E-state index is 12.7. The molecule has 0 spiro atoms. The van der Waals surface area contributed by atoms with Crippen LogP contribution in [0.1, 0.15) is 49.4 Å². The molecule has 1 N–H and O–H groups in total. The van der Waals surface area contributed by atoms with Crippen LogP contribution in [0.2, 0.25) is 0 Å². The Balaban J connectivity index is 2.07. The molecule has 24 heavy (non-hydrogen) atoms. The second-order valence-corrected chi connectivity index (χ2v) is 6.22. The molecule has 0 bridgehead atoms. The van der Waals surface area contributed by atoms with E-state index in [4.69, 9.17) is 4.74 Å². The summed E-state index contributed by atoms with van der Waals surface area (Å²) in [5, 5.41) is 3.12. The van der Waals surface area contributed by atoms with Crippen LogP contribution in [0, 0.1) is 13.8 Å². The number of rotatable bonds is 7. The Morgan fingerprint density at radius 2 is 1.62 bits per heavy atom. The third-order valence-electron chi connectivity index (χ3n) is 4.06. The van der Waals surface area contributed by atoms with Gasteiger partial charge in [0.15, 0.2) is 6.10 Å². The minimum Gasteiger partial charge on any atom is -0.481 e. The topological polar surface area (TPSA) is 38.3 Å². The Bertz CT molecular complexity index is 647. The first kappa shape index (κ1) is 18.1. The Hall–Kier alpha value is -2.29. The molecule has 2 aromatic rings. The van der Waals surface area contributed by atoms with E-state index < -0.39 is 6.10 Å². The zero-order chi connectivity index (χ0) is 17.5. The monoisotopic (exact) mass is 325 g/mol. The third-order valence-corrected chi connectivity index (χ3v) is 4.06. The van der Waals surface area contributed by atoms with Crippen molar-refractivity contribution in [2.75, 3.05) is 0 Å². The fourth-order valence-corrected chi connectivity index (χ4v) is 2.86. The van der Waals surface area contributed by atoms with Crippen molar-refractivity contribution < 1.29 is 9.53 Å². The standard InChI is InChI=1S/C21H27NO2/c1-5-19(17-10-8-7-9-11-17)22-21(23)20(6-2)24-18-13-15(3)12-16(4)14-18/h7-14,19-20H,5-6H2,1-4H3,(H,22,23). The molecule has 0 aliphatic heterocycles. The Kier molecular flexibility index (Phi) is 6.42. The maximum absolute atomic E-state index is 12.7. The van der Waals surface area contributed by atoms with Gasteiger partial charge in [0.1, 0.15) is 5.75 Å². The molecule has 2 rings (SSSR count). The quantitative estimate of drug-likeness (QED) is 0.799. The summed E-state index contributed by atoms with van der Waals surface area (Å²) in [7, 11) is 0. The van der Waals surface area contributed by atoms with E-state index >= 15 is 0 Å². The maximum Gasteiger partial charge on any atom is 0.261 e. The summed E-state index contributed by atoms with van der Waals surface area (Å²) < 4.78 is 5.96. The first-order chi connectivity index (χ1) is 11.5. The summed E-state index contributed by atoms with van der Waals surface area (Å²) in [4.78, 5) is 12.7. The molecule has 0 aromatic heterocycles. The minimum absolute atomic E-state index is 0.00981. The highest BCUT2D eigenvalue weighted by molar-refractivity contribution is 5.81. The lowest BCUT2D eigenvalue weighted by atomic mass is 10.0. The van der Waals surface area contributed by atoms with Gasteiger partial charge in [-0.1, -0.05) is 50.2 Å². The van der Waals surface area contributed by atoms with Crippen LogP contribution < -0.4 is 10.1 Å². The molecule has 0 aliphatic rings. The third kappa shape index (κ3) is 4.85. The second kappa shape index (κ2) is 8.53. The first-order valence-electron chi connectivity index (χ1n) is 8.63. The van der Waals surface area contributed by atoms with Gasteiger partial charge in [0.25, 0.3) is 5.91 Å². The predicted molar refractivity (Wildman–Crippen MR) is 98.2 cm³/mol. The van der Waals surface area contributed by atoms with Gasteiger partial charge in [0.2, 0.25) is 0 Å². The van der Waals surface area contributed by atoms with E-state index in [2.05, 4.69) is 18.3 Å². The lowest BCUT2D eigenvalue weighted by Gasteiger charge is -2.22. The number of aryl methyl sites for hydroxylation is 2. The van der Waals surface area contributed by atoms with Crippen molar-refractivity contribution in [2.45, 2.75) is 52.7 Å². The van der Waals surface area contributed by atoms with Crippen molar-refractivity contribution in [2.24, 2.45) is 0 Å². The molecular formula is C21H27NO2. The van der Waals surface area contributed by atoms with E-state index in [-0.39, 0.29) is 11.9 Å². The van der Waals surface area contributed by atoms with Crippen LogP contribution in [-0.2, 0) is 4.79 Å².